The van der Waals surface area contributed by atoms with Crippen molar-refractivity contribution < 1.29 is 31.3 Å². The van der Waals surface area contributed by atoms with Crippen LogP contribution >= 0.6 is 0 Å². The van der Waals surface area contributed by atoms with Crippen LogP contribution in [0.1, 0.15) is 32.1 Å². The van der Waals surface area contributed by atoms with Gasteiger partial charge in [0.1, 0.15) is 0 Å². The van der Waals surface area contributed by atoms with Crippen molar-refractivity contribution in [3.63, 3.8) is 0 Å². The largest absolute Gasteiger partial charge is 1.00 e. The van der Waals surface area contributed by atoms with E-state index in [0.717, 1.165) is 6.54 Å². The maximum absolute atomic E-state index is 4.55. The molecule has 0 aliphatic carbocycles. The van der Waals surface area contributed by atoms with Crippen molar-refractivity contribution in [2.24, 2.45) is 4.99 Å². The summed E-state index contributed by atoms with van der Waals surface area (Å²) in [5.74, 6) is 1.40. The fourth-order valence-electron chi connectivity index (χ4n) is 1.94. The number of rotatable bonds is 0. The molecule has 1 saturated heterocycles. The molecule has 2 rings (SSSR count). The summed E-state index contributed by atoms with van der Waals surface area (Å²) >= 11 is 0. The molecule has 0 saturated carbocycles. The van der Waals surface area contributed by atoms with Gasteiger partial charge in [0.15, 0.2) is 0 Å². The predicted molar refractivity (Wildman–Crippen MR) is 47.0 cm³/mol. The third-order valence-electron chi connectivity index (χ3n) is 2.57. The Labute approximate surface area is 98.8 Å². The van der Waals surface area contributed by atoms with Gasteiger partial charge in [-0.25, -0.2) is 0 Å². The Kier molecular flexibility index (Phi) is 6.94. The Morgan fingerprint density at radius 1 is 1.00 bits per heavy atom. The number of hydrogen-bond acceptors (Lipinski definition) is 2. The molecule has 0 N–H and O–H groups in total. The smallest absolute Gasteiger partial charge is 1.00 e. The Balaban J connectivity index is 0.000000720. The Morgan fingerprint density at radius 3 is 2.62 bits per heavy atom. The van der Waals surface area contributed by atoms with E-state index in [1.165, 1.54) is 51.0 Å². The normalized spacial score (nSPS) is 21.5. The van der Waals surface area contributed by atoms with E-state index in [1.54, 1.807) is 0 Å². The summed E-state index contributed by atoms with van der Waals surface area (Å²) in [5, 5.41) is 0. The van der Waals surface area contributed by atoms with Crippen molar-refractivity contribution in [1.29, 1.82) is 0 Å². The predicted octanol–water partition coefficient (Wildman–Crippen LogP) is -4.33. The van der Waals surface area contributed by atoms with Gasteiger partial charge >= 0.3 is 18.9 Å². The molecule has 0 spiro atoms. The van der Waals surface area contributed by atoms with Gasteiger partial charge in [-0.1, -0.05) is 6.42 Å². The molecule has 0 atom stereocenters. The van der Waals surface area contributed by atoms with Crippen LogP contribution in [0.2, 0.25) is 0 Å². The molecule has 0 aromatic rings. The maximum atomic E-state index is 4.55. The molecule has 2 aliphatic heterocycles. The minimum atomic E-state index is 0. The van der Waals surface area contributed by atoms with E-state index >= 15 is 0 Å². The minimum Gasteiger partial charge on any atom is -1.00 e. The fraction of sp³-hybridized carbons (Fsp3) is 0.889. The Bertz CT molecular complexity index is 173. The summed E-state index contributed by atoms with van der Waals surface area (Å²) in [6.45, 7) is 3.60. The van der Waals surface area contributed by atoms with E-state index in [1.807, 2.05) is 0 Å². The molecule has 0 amide bonds. The molecule has 1 fully saturated rings. The minimum absolute atomic E-state index is 0. The van der Waals surface area contributed by atoms with Crippen molar-refractivity contribution in [2.75, 3.05) is 19.6 Å². The summed E-state index contributed by atoms with van der Waals surface area (Å²) in [6, 6.07) is 0. The second kappa shape index (κ2) is 6.76. The molecule has 0 radical (unpaired) electrons. The average Bonchev–Trinajstić information content (AvgIpc) is 2.28. The molecule has 0 bridgehead atoms. The summed E-state index contributed by atoms with van der Waals surface area (Å²) in [4.78, 5) is 7.04. The van der Waals surface area contributed by atoms with Crippen LogP contribution in [0.5, 0.6) is 0 Å². The van der Waals surface area contributed by atoms with E-state index in [-0.39, 0.29) is 31.3 Å². The van der Waals surface area contributed by atoms with Gasteiger partial charge in [0.05, 0.1) is 5.84 Å². The number of amidine groups is 1. The van der Waals surface area contributed by atoms with Crippen LogP contribution in [0.3, 0.4) is 0 Å². The number of halogens is 1. The van der Waals surface area contributed by atoms with Crippen LogP contribution in [0, 0.1) is 0 Å². The molecule has 2 nitrogen and oxygen atoms in total. The number of nitrogens with zero attached hydrogens (tertiary/aromatic N) is 2. The van der Waals surface area contributed by atoms with Crippen LogP contribution in [0.25, 0.3) is 0 Å². The van der Waals surface area contributed by atoms with E-state index in [2.05, 4.69) is 9.89 Å². The number of aliphatic imine (C=N–C) groups is 1. The van der Waals surface area contributed by atoms with Crippen molar-refractivity contribution in [2.45, 2.75) is 32.1 Å². The molecule has 70 valence electrons. The van der Waals surface area contributed by atoms with Gasteiger partial charge in [0, 0.05) is 26.1 Å². The standard InChI is InChI=1S/C9H16N2.ClH.Li/c1-2-5-9-10-6-4-8-11(9)7-3-1;;/h1-8H2;1H;/q;;+1/p-1. The van der Waals surface area contributed by atoms with Crippen LogP contribution in [-0.2, 0) is 0 Å². The summed E-state index contributed by atoms with van der Waals surface area (Å²) in [6.07, 6.45) is 6.63. The molecule has 2 aliphatic rings. The topological polar surface area (TPSA) is 15.6 Å². The first-order valence-electron chi connectivity index (χ1n) is 4.75. The Hall–Kier alpha value is 0.357. The third kappa shape index (κ3) is 3.54. The quantitative estimate of drug-likeness (QED) is 0.356. The first-order valence-corrected chi connectivity index (χ1v) is 4.75. The molecule has 0 aromatic carbocycles. The monoisotopic (exact) mass is 194 g/mol. The van der Waals surface area contributed by atoms with Crippen LogP contribution in [0.4, 0.5) is 0 Å². The molecule has 13 heavy (non-hydrogen) atoms. The van der Waals surface area contributed by atoms with Crippen LogP contribution in [0.15, 0.2) is 4.99 Å². The first kappa shape index (κ1) is 13.4. The molecule has 4 heteroatoms. The summed E-state index contributed by atoms with van der Waals surface area (Å²) < 4.78 is 0. The summed E-state index contributed by atoms with van der Waals surface area (Å²) in [7, 11) is 0. The van der Waals surface area contributed by atoms with Crippen LogP contribution < -0.4 is 31.3 Å². The number of hydrogen-bond donors (Lipinski definition) is 0. The second-order valence-electron chi connectivity index (χ2n) is 3.45. The van der Waals surface area contributed by atoms with Crippen molar-refractivity contribution in [3.05, 3.63) is 0 Å². The maximum Gasteiger partial charge on any atom is 1.00 e. The summed E-state index contributed by atoms with van der Waals surface area (Å²) in [5.41, 5.74) is 0. The van der Waals surface area contributed by atoms with Gasteiger partial charge in [-0.05, 0) is 19.3 Å². The van der Waals surface area contributed by atoms with Gasteiger partial charge in [0.2, 0.25) is 0 Å². The zero-order chi connectivity index (χ0) is 7.52. The van der Waals surface area contributed by atoms with Gasteiger partial charge in [-0.3, -0.25) is 4.99 Å². The van der Waals surface area contributed by atoms with Crippen molar-refractivity contribution in [1.82, 2.24) is 4.90 Å². The van der Waals surface area contributed by atoms with E-state index in [9.17, 15) is 0 Å². The molecule has 0 aromatic heterocycles. The zero-order valence-corrected chi connectivity index (χ0v) is 9.19. The fourth-order valence-corrected chi connectivity index (χ4v) is 1.94. The van der Waals surface area contributed by atoms with Gasteiger partial charge in [-0.2, -0.15) is 0 Å². The van der Waals surface area contributed by atoms with Gasteiger partial charge < -0.3 is 17.3 Å². The molecule has 2 heterocycles. The zero-order valence-electron chi connectivity index (χ0n) is 8.43. The van der Waals surface area contributed by atoms with E-state index in [4.69, 9.17) is 0 Å². The van der Waals surface area contributed by atoms with Gasteiger partial charge in [0.25, 0.3) is 0 Å². The third-order valence-corrected chi connectivity index (χ3v) is 2.57. The SMILES string of the molecule is C1CCC2=NCCCN2CC1.[Cl-].[Li+]. The van der Waals surface area contributed by atoms with Crippen molar-refractivity contribution in [3.8, 4) is 0 Å². The second-order valence-corrected chi connectivity index (χ2v) is 3.45. The van der Waals surface area contributed by atoms with Gasteiger partial charge in [-0.15, -0.1) is 0 Å². The van der Waals surface area contributed by atoms with E-state index in [0.29, 0.717) is 0 Å². The van der Waals surface area contributed by atoms with E-state index < -0.39 is 0 Å². The van der Waals surface area contributed by atoms with Crippen molar-refractivity contribution >= 4 is 5.84 Å². The first-order chi connectivity index (χ1) is 5.47. The number of fused-ring (bicyclic) bond motifs is 1. The molecular weight excluding hydrogens is 179 g/mol. The average molecular weight is 195 g/mol. The molecule has 0 unspecified atom stereocenters. The Morgan fingerprint density at radius 2 is 1.77 bits per heavy atom. The molecular formula is C9H16ClLiN2. The van der Waals surface area contributed by atoms with Crippen LogP contribution in [-0.4, -0.2) is 30.4 Å².